The molecule has 2 spiro atoms. The number of halogens is 1. The average molecular weight is 230 g/mol. The molecule has 2 saturated carbocycles. The predicted octanol–water partition coefficient (Wildman–Crippen LogP) is 3.23. The van der Waals surface area contributed by atoms with Crippen molar-refractivity contribution in [2.45, 2.75) is 75.5 Å². The molecule has 0 aromatic rings. The Morgan fingerprint density at radius 3 is 2.38 bits per heavy atom. The van der Waals surface area contributed by atoms with E-state index in [1.807, 2.05) is 0 Å². The highest BCUT2D eigenvalue weighted by Crippen LogP contribution is 2.48. The van der Waals surface area contributed by atoms with Crippen molar-refractivity contribution in [1.29, 1.82) is 0 Å². The lowest BCUT2D eigenvalue weighted by Crippen LogP contribution is -2.46. The molecule has 2 atom stereocenters. The Morgan fingerprint density at radius 1 is 0.875 bits per heavy atom. The van der Waals surface area contributed by atoms with E-state index >= 15 is 0 Å². The molecule has 3 aliphatic rings. The van der Waals surface area contributed by atoms with Gasteiger partial charge in [0.25, 0.3) is 0 Å². The van der Waals surface area contributed by atoms with E-state index in [0.29, 0.717) is 12.8 Å². The summed E-state index contributed by atoms with van der Waals surface area (Å²) in [7, 11) is 0. The molecule has 16 heavy (non-hydrogen) atoms. The van der Waals surface area contributed by atoms with Gasteiger partial charge in [0.15, 0.2) is 6.17 Å². The Balaban J connectivity index is 1.75. The van der Waals surface area contributed by atoms with Crippen molar-refractivity contribution < 1.29 is 18.9 Å². The fraction of sp³-hybridized carbons (Fsp3) is 1.00. The first-order chi connectivity index (χ1) is 7.75. The van der Waals surface area contributed by atoms with Crippen LogP contribution in [0.2, 0.25) is 0 Å². The summed E-state index contributed by atoms with van der Waals surface area (Å²) in [5, 5.41) is 0. The van der Waals surface area contributed by atoms with Gasteiger partial charge in [0.1, 0.15) is 0 Å². The van der Waals surface area contributed by atoms with Gasteiger partial charge in [-0.25, -0.2) is 4.39 Å². The van der Waals surface area contributed by atoms with Crippen molar-refractivity contribution in [1.82, 2.24) is 0 Å². The molecular formula is C12H19FO3. The summed E-state index contributed by atoms with van der Waals surface area (Å²) in [6.45, 7) is 0. The van der Waals surface area contributed by atoms with Crippen molar-refractivity contribution in [3.05, 3.63) is 0 Å². The molecule has 0 aromatic carbocycles. The van der Waals surface area contributed by atoms with E-state index in [1.54, 1.807) is 0 Å². The van der Waals surface area contributed by atoms with Crippen LogP contribution < -0.4 is 0 Å². The van der Waals surface area contributed by atoms with Crippen molar-refractivity contribution in [3.63, 3.8) is 0 Å². The summed E-state index contributed by atoms with van der Waals surface area (Å²) in [5.74, 6) is -1.73. The van der Waals surface area contributed by atoms with Crippen LogP contribution in [0.5, 0.6) is 0 Å². The minimum absolute atomic E-state index is 0.527. The molecule has 3 nitrogen and oxygen atoms in total. The van der Waals surface area contributed by atoms with Gasteiger partial charge in [0.2, 0.25) is 11.6 Å². The summed E-state index contributed by atoms with van der Waals surface area (Å²) < 4.78 is 19.9. The van der Waals surface area contributed by atoms with Crippen molar-refractivity contribution in [2.24, 2.45) is 0 Å². The van der Waals surface area contributed by atoms with Crippen molar-refractivity contribution in [3.8, 4) is 0 Å². The Morgan fingerprint density at radius 2 is 1.62 bits per heavy atom. The second-order valence-corrected chi connectivity index (χ2v) is 5.27. The predicted molar refractivity (Wildman–Crippen MR) is 55.2 cm³/mol. The van der Waals surface area contributed by atoms with E-state index < -0.39 is 17.7 Å². The highest BCUT2D eigenvalue weighted by Gasteiger charge is 2.58. The van der Waals surface area contributed by atoms with Crippen molar-refractivity contribution >= 4 is 0 Å². The van der Waals surface area contributed by atoms with E-state index in [-0.39, 0.29) is 0 Å². The van der Waals surface area contributed by atoms with Gasteiger partial charge in [0.05, 0.1) is 0 Å². The third-order valence-corrected chi connectivity index (χ3v) is 4.02. The summed E-state index contributed by atoms with van der Waals surface area (Å²) in [6.07, 6.45) is 7.02. The first-order valence-corrected chi connectivity index (χ1v) is 6.46. The third kappa shape index (κ3) is 1.67. The maximum absolute atomic E-state index is 14.0. The van der Waals surface area contributed by atoms with E-state index in [4.69, 9.17) is 14.5 Å². The number of hydrogen-bond donors (Lipinski definition) is 0. The number of hydrogen-bond acceptors (Lipinski definition) is 3. The molecule has 4 heteroatoms. The van der Waals surface area contributed by atoms with E-state index in [2.05, 4.69) is 0 Å². The van der Waals surface area contributed by atoms with Gasteiger partial charge in [-0.15, -0.1) is 0 Å². The topological polar surface area (TPSA) is 27.7 Å². The van der Waals surface area contributed by atoms with E-state index in [1.165, 1.54) is 6.42 Å². The molecular weight excluding hydrogens is 211 g/mol. The van der Waals surface area contributed by atoms with Crippen LogP contribution in [-0.2, 0) is 14.5 Å². The summed E-state index contributed by atoms with van der Waals surface area (Å²) in [4.78, 5) is 10.7. The minimum atomic E-state index is -1.09. The van der Waals surface area contributed by atoms with Crippen LogP contribution in [0.1, 0.15) is 57.8 Å². The zero-order valence-corrected chi connectivity index (χ0v) is 9.54. The SMILES string of the molecule is FC1CCCCC12OOC1(CCCCC1)O2. The maximum atomic E-state index is 14.0. The highest BCUT2D eigenvalue weighted by atomic mass is 19.1. The third-order valence-electron chi connectivity index (χ3n) is 4.02. The molecule has 0 amide bonds. The lowest BCUT2D eigenvalue weighted by atomic mass is 9.90. The summed E-state index contributed by atoms with van der Waals surface area (Å²) in [5.41, 5.74) is 0. The van der Waals surface area contributed by atoms with Gasteiger partial charge >= 0.3 is 0 Å². The van der Waals surface area contributed by atoms with Crippen LogP contribution in [0.3, 0.4) is 0 Å². The van der Waals surface area contributed by atoms with Crippen LogP contribution in [-0.4, -0.2) is 17.7 Å². The van der Waals surface area contributed by atoms with Gasteiger partial charge in [-0.05, 0) is 25.7 Å². The molecule has 3 fully saturated rings. The molecule has 0 N–H and O–H groups in total. The Bertz CT molecular complexity index is 265. The van der Waals surface area contributed by atoms with Gasteiger partial charge in [0, 0.05) is 19.3 Å². The second kappa shape index (κ2) is 3.93. The van der Waals surface area contributed by atoms with Crippen LogP contribution in [0, 0.1) is 0 Å². The molecule has 2 unspecified atom stereocenters. The van der Waals surface area contributed by atoms with E-state index in [9.17, 15) is 4.39 Å². The minimum Gasteiger partial charge on any atom is -0.309 e. The fourth-order valence-electron chi connectivity index (χ4n) is 3.05. The zero-order chi connectivity index (χ0) is 11.1. The first kappa shape index (κ1) is 10.9. The number of rotatable bonds is 0. The average Bonchev–Trinajstić information content (AvgIpc) is 2.65. The molecule has 1 aliphatic heterocycles. The van der Waals surface area contributed by atoms with Crippen LogP contribution in [0.25, 0.3) is 0 Å². The monoisotopic (exact) mass is 230 g/mol. The first-order valence-electron chi connectivity index (χ1n) is 6.46. The Kier molecular flexibility index (Phi) is 2.68. The molecule has 92 valence electrons. The smallest absolute Gasteiger partial charge is 0.235 e. The van der Waals surface area contributed by atoms with Crippen LogP contribution in [0.4, 0.5) is 4.39 Å². The quantitative estimate of drug-likeness (QED) is 0.598. The molecule has 3 rings (SSSR count). The number of alkyl halides is 1. The highest BCUT2D eigenvalue weighted by molar-refractivity contribution is 4.90. The van der Waals surface area contributed by atoms with Gasteiger partial charge in [-0.2, -0.15) is 9.78 Å². The maximum Gasteiger partial charge on any atom is 0.235 e. The summed E-state index contributed by atoms with van der Waals surface area (Å²) >= 11 is 0. The Labute approximate surface area is 95.2 Å². The molecule has 1 saturated heterocycles. The largest absolute Gasteiger partial charge is 0.309 e. The fourth-order valence-corrected chi connectivity index (χ4v) is 3.05. The molecule has 0 radical (unpaired) electrons. The zero-order valence-electron chi connectivity index (χ0n) is 9.54. The molecule has 2 aliphatic carbocycles. The molecule has 1 heterocycles. The lowest BCUT2D eigenvalue weighted by molar-refractivity contribution is -0.366. The van der Waals surface area contributed by atoms with Gasteiger partial charge in [-0.1, -0.05) is 12.8 Å². The van der Waals surface area contributed by atoms with Gasteiger partial charge < -0.3 is 4.74 Å². The van der Waals surface area contributed by atoms with E-state index in [0.717, 1.165) is 38.5 Å². The molecule has 0 bridgehead atoms. The normalized spacial score (nSPS) is 42.9. The van der Waals surface area contributed by atoms with Crippen LogP contribution in [0.15, 0.2) is 0 Å². The standard InChI is InChI=1S/C12H19FO3/c13-10-6-2-5-9-12(10)14-11(15-16-12)7-3-1-4-8-11/h10H,1-9H2. The van der Waals surface area contributed by atoms with Crippen LogP contribution >= 0.6 is 0 Å². The van der Waals surface area contributed by atoms with Gasteiger partial charge in [-0.3, -0.25) is 0 Å². The van der Waals surface area contributed by atoms with Crippen molar-refractivity contribution in [2.75, 3.05) is 0 Å². The summed E-state index contributed by atoms with van der Waals surface area (Å²) in [6, 6.07) is 0. The lowest BCUT2D eigenvalue weighted by Gasteiger charge is -2.35. The second-order valence-electron chi connectivity index (χ2n) is 5.27. The Hall–Kier alpha value is -0.190. The molecule has 0 aromatic heterocycles. The number of ether oxygens (including phenoxy) is 1.